The minimum absolute atomic E-state index is 0.0591. The van der Waals surface area contributed by atoms with Crippen LogP contribution < -0.4 is 10.6 Å². The molecular formula is C19H19F3IN3O2S. The van der Waals surface area contributed by atoms with Gasteiger partial charge in [0.05, 0.1) is 30.0 Å². The van der Waals surface area contributed by atoms with E-state index in [1.54, 1.807) is 17.8 Å². The van der Waals surface area contributed by atoms with Crippen LogP contribution in [0.3, 0.4) is 0 Å². The maximum atomic E-state index is 14.5. The number of likely N-dealkylation sites (tertiary alicyclic amines) is 1. The molecule has 10 heteroatoms. The Labute approximate surface area is 184 Å². The first-order valence-electron chi connectivity index (χ1n) is 8.65. The molecular weight excluding hydrogens is 518 g/mol. The van der Waals surface area contributed by atoms with Crippen LogP contribution in [-0.2, 0) is 0 Å². The summed E-state index contributed by atoms with van der Waals surface area (Å²) in [5, 5.41) is 16.0. The van der Waals surface area contributed by atoms with Crippen molar-refractivity contribution in [3.8, 4) is 0 Å². The lowest BCUT2D eigenvalue weighted by molar-refractivity contribution is -0.0777. The van der Waals surface area contributed by atoms with Crippen molar-refractivity contribution in [2.24, 2.45) is 0 Å². The van der Waals surface area contributed by atoms with Gasteiger partial charge in [-0.1, -0.05) is 0 Å². The van der Waals surface area contributed by atoms with E-state index in [0.29, 0.717) is 16.0 Å². The van der Waals surface area contributed by atoms with Crippen LogP contribution in [0.15, 0.2) is 30.3 Å². The topological polar surface area (TPSA) is 64.6 Å². The highest BCUT2D eigenvalue weighted by Crippen LogP contribution is 2.31. The highest BCUT2D eigenvalue weighted by Gasteiger charge is 2.44. The molecule has 29 heavy (non-hydrogen) atoms. The number of nitrogens with one attached hydrogen (secondary N) is 2. The Morgan fingerprint density at radius 3 is 2.62 bits per heavy atom. The average molecular weight is 537 g/mol. The smallest absolute Gasteiger partial charge is 0.256 e. The van der Waals surface area contributed by atoms with Gasteiger partial charge in [-0.3, -0.25) is 4.79 Å². The number of rotatable bonds is 7. The van der Waals surface area contributed by atoms with Crippen LogP contribution in [0.5, 0.6) is 0 Å². The monoisotopic (exact) mass is 537 g/mol. The second-order valence-corrected chi connectivity index (χ2v) is 8.89. The van der Waals surface area contributed by atoms with Crippen molar-refractivity contribution in [1.29, 1.82) is 0 Å². The zero-order chi connectivity index (χ0) is 21.2. The van der Waals surface area contributed by atoms with Gasteiger partial charge in [0.2, 0.25) is 0 Å². The second kappa shape index (κ2) is 9.11. The summed E-state index contributed by atoms with van der Waals surface area (Å²) in [5.41, 5.74) is -1.72. The van der Waals surface area contributed by atoms with Gasteiger partial charge in [-0.2, -0.15) is 0 Å². The molecule has 2 aromatic carbocycles. The molecule has 1 aliphatic rings. The van der Waals surface area contributed by atoms with Crippen molar-refractivity contribution in [1.82, 2.24) is 10.2 Å². The molecule has 2 aromatic rings. The fourth-order valence-electron chi connectivity index (χ4n) is 3.05. The number of aliphatic hydroxyl groups is 1. The second-order valence-electron chi connectivity index (χ2n) is 6.78. The molecule has 1 saturated heterocycles. The minimum atomic E-state index is -1.27. The predicted octanol–water partition coefficient (Wildman–Crippen LogP) is 3.55. The molecule has 0 aliphatic carbocycles. The van der Waals surface area contributed by atoms with Crippen molar-refractivity contribution < 1.29 is 23.1 Å². The summed E-state index contributed by atoms with van der Waals surface area (Å²) in [7, 11) is 0. The Morgan fingerprint density at radius 2 is 1.97 bits per heavy atom. The highest BCUT2D eigenvalue weighted by molar-refractivity contribution is 14.1. The fourth-order valence-corrected chi connectivity index (χ4v) is 3.81. The van der Waals surface area contributed by atoms with Gasteiger partial charge in [0, 0.05) is 16.0 Å². The number of hydrogen-bond acceptors (Lipinski definition) is 5. The number of thioether (sulfide) groups is 1. The predicted molar refractivity (Wildman–Crippen MR) is 116 cm³/mol. The lowest BCUT2D eigenvalue weighted by atomic mass is 9.93. The number of nitrogens with zero attached hydrogens (tertiary/aromatic N) is 1. The van der Waals surface area contributed by atoms with Crippen molar-refractivity contribution >= 4 is 51.6 Å². The SMILES string of the molecule is CSCNCC1(O)CN(C(=O)c2ccc(F)c(F)c2Nc2ccc(I)cc2F)C1. The summed E-state index contributed by atoms with van der Waals surface area (Å²) in [6, 6.07) is 6.22. The maximum absolute atomic E-state index is 14.5. The quantitative estimate of drug-likeness (QED) is 0.287. The molecule has 0 bridgehead atoms. The third kappa shape index (κ3) is 4.98. The zero-order valence-electron chi connectivity index (χ0n) is 15.4. The summed E-state index contributed by atoms with van der Waals surface area (Å²) in [5.74, 6) is -3.00. The summed E-state index contributed by atoms with van der Waals surface area (Å²) in [6.45, 7) is 0.432. The Hall–Kier alpha value is -1.50. The molecule has 0 saturated carbocycles. The fraction of sp³-hybridized carbons (Fsp3) is 0.316. The van der Waals surface area contributed by atoms with Crippen LogP contribution in [0.4, 0.5) is 24.5 Å². The molecule has 0 aromatic heterocycles. The summed E-state index contributed by atoms with van der Waals surface area (Å²) in [6.07, 6.45) is 1.92. The lowest BCUT2D eigenvalue weighted by Gasteiger charge is -2.46. The number of hydrogen-bond donors (Lipinski definition) is 3. The molecule has 3 rings (SSSR count). The maximum Gasteiger partial charge on any atom is 0.256 e. The van der Waals surface area contributed by atoms with Gasteiger partial charge in [0.1, 0.15) is 11.4 Å². The number of β-amino-alcohol motifs (C(OH)–C–C–N with tert-alkyl or cyclic N) is 1. The van der Waals surface area contributed by atoms with Gasteiger partial charge in [0.25, 0.3) is 5.91 Å². The van der Waals surface area contributed by atoms with Crippen molar-refractivity contribution in [2.45, 2.75) is 5.60 Å². The van der Waals surface area contributed by atoms with E-state index in [1.807, 2.05) is 28.8 Å². The molecule has 3 N–H and O–H groups in total. The number of anilines is 2. The van der Waals surface area contributed by atoms with Gasteiger partial charge >= 0.3 is 0 Å². The Balaban J connectivity index is 1.81. The summed E-state index contributed by atoms with van der Waals surface area (Å²) < 4.78 is 43.1. The normalized spacial score (nSPS) is 15.2. The minimum Gasteiger partial charge on any atom is -0.385 e. The summed E-state index contributed by atoms with van der Waals surface area (Å²) in [4.78, 5) is 14.2. The largest absolute Gasteiger partial charge is 0.385 e. The Kier molecular flexibility index (Phi) is 6.97. The molecule has 156 valence electrons. The third-order valence-electron chi connectivity index (χ3n) is 4.47. The van der Waals surface area contributed by atoms with Crippen molar-refractivity contribution in [3.63, 3.8) is 0 Å². The number of halogens is 4. The Bertz CT molecular complexity index is 926. The average Bonchev–Trinajstić information content (AvgIpc) is 2.65. The van der Waals surface area contributed by atoms with E-state index < -0.39 is 34.6 Å². The number of carbonyl (C=O) groups is 1. The van der Waals surface area contributed by atoms with E-state index in [-0.39, 0.29) is 24.3 Å². The van der Waals surface area contributed by atoms with Crippen molar-refractivity contribution in [3.05, 3.63) is 56.9 Å². The van der Waals surface area contributed by atoms with Gasteiger partial charge in [0.15, 0.2) is 11.6 Å². The highest BCUT2D eigenvalue weighted by atomic mass is 127. The van der Waals surface area contributed by atoms with Crippen LogP contribution in [-0.4, -0.2) is 53.3 Å². The molecule has 0 atom stereocenters. The molecule has 1 fully saturated rings. The van der Waals surface area contributed by atoms with Crippen LogP contribution in [0.1, 0.15) is 10.4 Å². The molecule has 5 nitrogen and oxygen atoms in total. The van der Waals surface area contributed by atoms with Crippen LogP contribution >= 0.6 is 34.4 Å². The van der Waals surface area contributed by atoms with E-state index in [4.69, 9.17) is 0 Å². The van der Waals surface area contributed by atoms with Crippen LogP contribution in [0.2, 0.25) is 0 Å². The molecule has 0 radical (unpaired) electrons. The van der Waals surface area contributed by atoms with Crippen LogP contribution in [0.25, 0.3) is 0 Å². The third-order valence-corrected chi connectivity index (χ3v) is 5.64. The van der Waals surface area contributed by atoms with Gasteiger partial charge in [-0.15, -0.1) is 11.8 Å². The molecule has 1 aliphatic heterocycles. The first kappa shape index (κ1) is 22.2. The van der Waals surface area contributed by atoms with E-state index >= 15 is 0 Å². The molecule has 0 unspecified atom stereocenters. The number of amides is 1. The van der Waals surface area contributed by atoms with Crippen LogP contribution in [0, 0.1) is 21.0 Å². The van der Waals surface area contributed by atoms with E-state index in [1.165, 1.54) is 17.0 Å². The number of carbonyl (C=O) groups excluding carboxylic acids is 1. The lowest BCUT2D eigenvalue weighted by Crippen LogP contribution is -2.67. The number of benzene rings is 2. The summed E-state index contributed by atoms with van der Waals surface area (Å²) >= 11 is 3.50. The molecule has 1 heterocycles. The molecule has 1 amide bonds. The Morgan fingerprint density at radius 1 is 1.24 bits per heavy atom. The van der Waals surface area contributed by atoms with E-state index in [0.717, 1.165) is 12.1 Å². The van der Waals surface area contributed by atoms with Gasteiger partial charge in [-0.25, -0.2) is 13.2 Å². The standard InChI is InChI=1S/C19H19F3IN3O2S/c1-29-10-24-7-19(28)8-26(9-19)18(27)12-3-4-13(20)16(22)17(12)25-15-5-2-11(23)6-14(15)21/h2-6,24-25,28H,7-10H2,1H3. The van der Waals surface area contributed by atoms with Gasteiger partial charge in [-0.05, 0) is 59.2 Å². The van der Waals surface area contributed by atoms with E-state index in [2.05, 4.69) is 10.6 Å². The molecule has 0 spiro atoms. The van der Waals surface area contributed by atoms with E-state index in [9.17, 15) is 23.1 Å². The van der Waals surface area contributed by atoms with Crippen molar-refractivity contribution in [2.75, 3.05) is 37.1 Å². The first-order valence-corrected chi connectivity index (χ1v) is 11.1. The zero-order valence-corrected chi connectivity index (χ0v) is 18.4. The van der Waals surface area contributed by atoms with Gasteiger partial charge < -0.3 is 20.6 Å². The first-order chi connectivity index (χ1) is 13.7.